The molecule has 7 nitrogen and oxygen atoms in total. The molecule has 1 spiro atoms. The molecular formula is C35H43N5O2. The summed E-state index contributed by atoms with van der Waals surface area (Å²) in [5.41, 5.74) is 4.98. The normalized spacial score (nSPS) is 20.4. The number of nitrogens with one attached hydrogen (secondary N) is 1. The van der Waals surface area contributed by atoms with E-state index in [9.17, 15) is 9.59 Å². The van der Waals surface area contributed by atoms with E-state index in [-0.39, 0.29) is 11.5 Å². The molecule has 2 aliphatic heterocycles. The number of nitrogens with zero attached hydrogens (tertiary/aromatic N) is 4. The van der Waals surface area contributed by atoms with E-state index in [0.717, 1.165) is 86.0 Å². The van der Waals surface area contributed by atoms with Crippen LogP contribution < -0.4 is 5.56 Å². The molecule has 4 heterocycles. The Bertz CT molecular complexity index is 1630. The lowest BCUT2D eigenvalue weighted by molar-refractivity contribution is 0.0285. The van der Waals surface area contributed by atoms with Gasteiger partial charge in [0.15, 0.2) is 0 Å². The number of hydrogen-bond donors (Lipinski definition) is 1. The molecule has 220 valence electrons. The fourth-order valence-electron chi connectivity index (χ4n) is 7.89. The van der Waals surface area contributed by atoms with E-state index in [2.05, 4.69) is 49.8 Å². The van der Waals surface area contributed by atoms with E-state index >= 15 is 0 Å². The van der Waals surface area contributed by atoms with Gasteiger partial charge in [-0.2, -0.15) is 5.10 Å². The quantitative estimate of drug-likeness (QED) is 0.283. The van der Waals surface area contributed by atoms with Gasteiger partial charge in [0.05, 0.1) is 28.7 Å². The lowest BCUT2D eigenvalue weighted by atomic mass is 9.71. The molecule has 0 bridgehead atoms. The molecule has 2 saturated heterocycles. The number of fused-ring (bicyclic) bond motifs is 3. The van der Waals surface area contributed by atoms with Crippen molar-refractivity contribution >= 4 is 27.7 Å². The van der Waals surface area contributed by atoms with Crippen LogP contribution in [0.15, 0.2) is 53.5 Å². The molecule has 2 aromatic carbocycles. The lowest BCUT2D eigenvalue weighted by Gasteiger charge is -2.47. The highest BCUT2D eigenvalue weighted by atomic mass is 16.2. The summed E-state index contributed by atoms with van der Waals surface area (Å²) in [6, 6.07) is 15.1. The summed E-state index contributed by atoms with van der Waals surface area (Å²) in [5.74, 6) is 0.116. The van der Waals surface area contributed by atoms with Crippen molar-refractivity contribution in [3.05, 3.63) is 75.7 Å². The first-order valence-electron chi connectivity index (χ1n) is 16.1. The number of benzene rings is 2. The van der Waals surface area contributed by atoms with Crippen molar-refractivity contribution in [3.8, 4) is 0 Å². The second kappa shape index (κ2) is 11.3. The number of piperidine rings is 2. The van der Waals surface area contributed by atoms with E-state index in [1.165, 1.54) is 44.1 Å². The van der Waals surface area contributed by atoms with Gasteiger partial charge < -0.3 is 9.88 Å². The summed E-state index contributed by atoms with van der Waals surface area (Å²) in [6.07, 6.45) is 13.4. The van der Waals surface area contributed by atoms with Crippen LogP contribution in [-0.4, -0.2) is 56.7 Å². The van der Waals surface area contributed by atoms with Crippen LogP contribution in [0.2, 0.25) is 0 Å². The van der Waals surface area contributed by atoms with E-state index in [1.54, 1.807) is 6.20 Å². The first-order chi connectivity index (χ1) is 20.5. The number of aromatic amines is 1. The molecule has 3 fully saturated rings. The zero-order chi connectivity index (χ0) is 28.7. The summed E-state index contributed by atoms with van der Waals surface area (Å²) in [5, 5.41) is 6.28. The predicted octanol–water partition coefficient (Wildman–Crippen LogP) is 6.60. The largest absolute Gasteiger partial charge is 0.339 e. The highest BCUT2D eigenvalue weighted by Gasteiger charge is 2.39. The first kappa shape index (κ1) is 27.4. The number of amides is 1. The Kier molecular flexibility index (Phi) is 7.39. The molecule has 7 heteroatoms. The summed E-state index contributed by atoms with van der Waals surface area (Å²) < 4.78 is 2.09. The molecule has 1 aliphatic carbocycles. The Morgan fingerprint density at radius 2 is 1.62 bits per heavy atom. The Balaban J connectivity index is 1.10. The van der Waals surface area contributed by atoms with E-state index in [1.807, 2.05) is 19.1 Å². The Morgan fingerprint density at radius 1 is 0.929 bits per heavy atom. The average Bonchev–Trinajstić information content (AvgIpc) is 3.28. The second-order valence-corrected chi connectivity index (χ2v) is 13.2. The van der Waals surface area contributed by atoms with Gasteiger partial charge in [0.1, 0.15) is 0 Å². The van der Waals surface area contributed by atoms with Crippen LogP contribution in [0.5, 0.6) is 0 Å². The van der Waals surface area contributed by atoms with Crippen LogP contribution in [0.4, 0.5) is 0 Å². The first-order valence-corrected chi connectivity index (χ1v) is 16.1. The minimum Gasteiger partial charge on any atom is -0.339 e. The van der Waals surface area contributed by atoms with Crippen LogP contribution in [0.25, 0.3) is 21.8 Å². The number of H-pyrrole nitrogens is 1. The van der Waals surface area contributed by atoms with Gasteiger partial charge in [0.2, 0.25) is 0 Å². The third-order valence-corrected chi connectivity index (χ3v) is 10.6. The van der Waals surface area contributed by atoms with Gasteiger partial charge in [-0.1, -0.05) is 56.0 Å². The van der Waals surface area contributed by atoms with Gasteiger partial charge in [0, 0.05) is 30.6 Å². The molecule has 0 radical (unpaired) electrons. The zero-order valence-corrected chi connectivity index (χ0v) is 24.9. The summed E-state index contributed by atoms with van der Waals surface area (Å²) in [4.78, 5) is 34.7. The molecule has 0 atom stereocenters. The van der Waals surface area contributed by atoms with Gasteiger partial charge in [-0.15, -0.1) is 0 Å². The van der Waals surface area contributed by atoms with Gasteiger partial charge in [0.25, 0.3) is 11.5 Å². The van der Waals surface area contributed by atoms with Crippen molar-refractivity contribution in [1.29, 1.82) is 0 Å². The Morgan fingerprint density at radius 3 is 2.33 bits per heavy atom. The minimum absolute atomic E-state index is 0.105. The topological polar surface area (TPSA) is 74.2 Å². The molecule has 7 rings (SSSR count). The third-order valence-electron chi connectivity index (χ3n) is 10.6. The molecule has 2 aromatic heterocycles. The van der Waals surface area contributed by atoms with Gasteiger partial charge >= 0.3 is 0 Å². The standard InChI is InChI=1S/C35H43N5O2/c1-25-21-31-29(32-30(33(41)37-31)23-36-40(32)27-11-7-2-3-8-12-27)22-28(25)34(42)39-19-15-35(16-20-39)13-17-38(18-14-35)24-26-9-5-4-6-10-26/h4-6,9-10,21-23,27H,2-3,7-8,11-20,24H2,1H3,(H,37,41). The third kappa shape index (κ3) is 5.17. The monoisotopic (exact) mass is 565 g/mol. The number of carbonyl (C=O) groups is 1. The number of aromatic nitrogens is 3. The number of aryl methyl sites for hydroxylation is 1. The van der Waals surface area contributed by atoms with Gasteiger partial charge in [-0.25, -0.2) is 0 Å². The molecule has 0 unspecified atom stereocenters. The number of hydrogen-bond acceptors (Lipinski definition) is 4. The van der Waals surface area contributed by atoms with Crippen molar-refractivity contribution in [2.75, 3.05) is 26.2 Å². The fourth-order valence-corrected chi connectivity index (χ4v) is 7.89. The average molecular weight is 566 g/mol. The van der Waals surface area contributed by atoms with Crippen LogP contribution >= 0.6 is 0 Å². The number of carbonyl (C=O) groups excluding carboxylic acids is 1. The molecule has 42 heavy (non-hydrogen) atoms. The number of rotatable bonds is 4. The molecule has 4 aromatic rings. The van der Waals surface area contributed by atoms with E-state index < -0.39 is 0 Å². The minimum atomic E-state index is -0.105. The van der Waals surface area contributed by atoms with E-state index in [0.29, 0.717) is 16.8 Å². The van der Waals surface area contributed by atoms with Crippen molar-refractivity contribution in [3.63, 3.8) is 0 Å². The predicted molar refractivity (Wildman–Crippen MR) is 168 cm³/mol. The van der Waals surface area contributed by atoms with Crippen LogP contribution in [-0.2, 0) is 6.54 Å². The Labute approximate surface area is 247 Å². The van der Waals surface area contributed by atoms with Crippen LogP contribution in [0.1, 0.15) is 91.7 Å². The second-order valence-electron chi connectivity index (χ2n) is 13.2. The maximum Gasteiger partial charge on any atom is 0.259 e. The molecule has 1 amide bonds. The maximum absolute atomic E-state index is 14.0. The summed E-state index contributed by atoms with van der Waals surface area (Å²) >= 11 is 0. The highest BCUT2D eigenvalue weighted by molar-refractivity contribution is 6.07. The fraction of sp³-hybridized carbons (Fsp3) is 0.514. The maximum atomic E-state index is 14.0. The molecule has 1 saturated carbocycles. The van der Waals surface area contributed by atoms with Gasteiger partial charge in [-0.05, 0) is 87.2 Å². The van der Waals surface area contributed by atoms with Gasteiger partial charge in [-0.3, -0.25) is 19.2 Å². The van der Waals surface area contributed by atoms with Crippen molar-refractivity contribution in [2.24, 2.45) is 5.41 Å². The molecule has 1 N–H and O–H groups in total. The molecular weight excluding hydrogens is 522 g/mol. The van der Waals surface area contributed by atoms with Crippen molar-refractivity contribution < 1.29 is 4.79 Å². The van der Waals surface area contributed by atoms with E-state index in [4.69, 9.17) is 5.10 Å². The summed E-state index contributed by atoms with van der Waals surface area (Å²) in [7, 11) is 0. The van der Waals surface area contributed by atoms with Crippen molar-refractivity contribution in [2.45, 2.75) is 83.7 Å². The molecule has 3 aliphatic rings. The SMILES string of the molecule is Cc1cc2[nH]c(=O)c3cnn(C4CCCCCC4)c3c2cc1C(=O)N1CCC2(CCN(Cc3ccccc3)CC2)CC1. The van der Waals surface area contributed by atoms with Crippen molar-refractivity contribution in [1.82, 2.24) is 24.6 Å². The van der Waals surface area contributed by atoms with Crippen LogP contribution in [0.3, 0.4) is 0 Å². The lowest BCUT2D eigenvalue weighted by Crippen LogP contribution is -2.48. The van der Waals surface area contributed by atoms with Crippen LogP contribution in [0, 0.1) is 12.3 Å². The number of likely N-dealkylation sites (tertiary alicyclic amines) is 2. The summed E-state index contributed by atoms with van der Waals surface area (Å²) in [6.45, 7) is 6.92. The highest BCUT2D eigenvalue weighted by Crippen LogP contribution is 2.42. The zero-order valence-electron chi connectivity index (χ0n) is 24.9. The Hall–Kier alpha value is -3.45. The smallest absolute Gasteiger partial charge is 0.259 e. The number of pyridine rings is 1.